The van der Waals surface area contributed by atoms with Crippen LogP contribution in [0.2, 0.25) is 0 Å². The molecule has 0 amide bonds. The van der Waals surface area contributed by atoms with Crippen LogP contribution in [0.4, 0.5) is 18.9 Å². The molecule has 0 aliphatic carbocycles. The molecule has 168 valence electrons. The Morgan fingerprint density at radius 2 is 1.72 bits per heavy atom. The van der Waals surface area contributed by atoms with E-state index in [1.165, 1.54) is 12.1 Å². The predicted molar refractivity (Wildman–Crippen MR) is 118 cm³/mol. The summed E-state index contributed by atoms with van der Waals surface area (Å²) in [5, 5.41) is 3.33. The van der Waals surface area contributed by atoms with Gasteiger partial charge in [0, 0.05) is 12.2 Å². The first-order valence-electron chi connectivity index (χ1n) is 10.2. The summed E-state index contributed by atoms with van der Waals surface area (Å²) in [5.41, 5.74) is 3.63. The highest BCUT2D eigenvalue weighted by Gasteiger charge is 2.29. The smallest absolute Gasteiger partial charge is 0.416 e. The van der Waals surface area contributed by atoms with Gasteiger partial charge in [0.25, 0.3) is 0 Å². The minimum absolute atomic E-state index is 0.136. The molecule has 0 unspecified atom stereocenters. The molecule has 0 saturated heterocycles. The van der Waals surface area contributed by atoms with E-state index in [1.54, 1.807) is 6.92 Å². The molecule has 0 radical (unpaired) electrons. The van der Waals surface area contributed by atoms with Gasteiger partial charge in [0.1, 0.15) is 5.75 Å². The SMILES string of the molecule is CCOC(=O)COc1ccc(CNc2cccc(-c3ccc(C(F)(F)F)cc3)c2)cc1C. The third-order valence-electron chi connectivity index (χ3n) is 4.79. The summed E-state index contributed by atoms with van der Waals surface area (Å²) < 4.78 is 48.7. The molecule has 0 aliphatic rings. The second kappa shape index (κ2) is 10.2. The number of esters is 1. The molecule has 4 nitrogen and oxygen atoms in total. The van der Waals surface area contributed by atoms with Crippen molar-refractivity contribution in [2.75, 3.05) is 18.5 Å². The average Bonchev–Trinajstić information content (AvgIpc) is 2.77. The van der Waals surface area contributed by atoms with Crippen molar-refractivity contribution in [2.45, 2.75) is 26.6 Å². The summed E-state index contributed by atoms with van der Waals surface area (Å²) in [4.78, 5) is 11.4. The Morgan fingerprint density at radius 3 is 2.38 bits per heavy atom. The second-order valence-corrected chi connectivity index (χ2v) is 7.20. The second-order valence-electron chi connectivity index (χ2n) is 7.20. The summed E-state index contributed by atoms with van der Waals surface area (Å²) in [6.45, 7) is 4.36. The number of ether oxygens (including phenoxy) is 2. The molecule has 0 fully saturated rings. The number of aryl methyl sites for hydroxylation is 1. The van der Waals surface area contributed by atoms with E-state index in [4.69, 9.17) is 9.47 Å². The van der Waals surface area contributed by atoms with Gasteiger partial charge in [-0.15, -0.1) is 0 Å². The zero-order valence-electron chi connectivity index (χ0n) is 17.8. The van der Waals surface area contributed by atoms with E-state index in [0.717, 1.165) is 34.5 Å². The fraction of sp³-hybridized carbons (Fsp3) is 0.240. The molecule has 0 bridgehead atoms. The lowest BCUT2D eigenvalue weighted by Gasteiger charge is -2.12. The molecule has 3 rings (SSSR count). The first kappa shape index (κ1) is 23.2. The Morgan fingerprint density at radius 1 is 0.969 bits per heavy atom. The number of hydrogen-bond acceptors (Lipinski definition) is 4. The van der Waals surface area contributed by atoms with Gasteiger partial charge in [-0.05, 0) is 66.4 Å². The molecule has 32 heavy (non-hydrogen) atoms. The summed E-state index contributed by atoms with van der Waals surface area (Å²) in [6.07, 6.45) is -4.35. The van der Waals surface area contributed by atoms with E-state index in [2.05, 4.69) is 5.32 Å². The van der Waals surface area contributed by atoms with E-state index in [1.807, 2.05) is 49.4 Å². The third-order valence-corrected chi connectivity index (χ3v) is 4.79. The van der Waals surface area contributed by atoms with Crippen molar-refractivity contribution in [3.63, 3.8) is 0 Å². The van der Waals surface area contributed by atoms with Gasteiger partial charge in [0.15, 0.2) is 6.61 Å². The molecular formula is C25H24F3NO3. The van der Waals surface area contributed by atoms with Crippen molar-refractivity contribution in [3.8, 4) is 16.9 Å². The van der Waals surface area contributed by atoms with Crippen LogP contribution in [-0.4, -0.2) is 19.2 Å². The van der Waals surface area contributed by atoms with Gasteiger partial charge in [0.2, 0.25) is 0 Å². The number of nitrogens with one attached hydrogen (secondary N) is 1. The van der Waals surface area contributed by atoms with Gasteiger partial charge in [0.05, 0.1) is 12.2 Å². The normalized spacial score (nSPS) is 11.2. The molecule has 0 heterocycles. The molecule has 0 atom stereocenters. The maximum Gasteiger partial charge on any atom is 0.416 e. The highest BCUT2D eigenvalue weighted by molar-refractivity contribution is 5.71. The molecule has 0 spiro atoms. The van der Waals surface area contributed by atoms with Crippen LogP contribution in [0.3, 0.4) is 0 Å². The van der Waals surface area contributed by atoms with Crippen LogP contribution in [-0.2, 0) is 22.3 Å². The van der Waals surface area contributed by atoms with Crippen LogP contribution >= 0.6 is 0 Å². The number of halogens is 3. The maximum absolute atomic E-state index is 12.8. The first-order chi connectivity index (χ1) is 15.3. The lowest BCUT2D eigenvalue weighted by atomic mass is 10.0. The summed E-state index contributed by atoms with van der Waals surface area (Å²) >= 11 is 0. The van der Waals surface area contributed by atoms with Gasteiger partial charge in [-0.2, -0.15) is 13.2 Å². The molecule has 3 aromatic carbocycles. The number of carbonyl (C=O) groups is 1. The maximum atomic E-state index is 12.8. The van der Waals surface area contributed by atoms with Gasteiger partial charge >= 0.3 is 12.1 Å². The number of rotatable bonds is 8. The Kier molecular flexibility index (Phi) is 7.41. The van der Waals surface area contributed by atoms with Crippen molar-refractivity contribution >= 4 is 11.7 Å². The quantitative estimate of drug-likeness (QED) is 0.419. The zero-order valence-corrected chi connectivity index (χ0v) is 17.8. The zero-order chi connectivity index (χ0) is 23.1. The number of benzene rings is 3. The molecule has 1 N–H and O–H groups in total. The Labute approximate surface area is 185 Å². The van der Waals surface area contributed by atoms with Gasteiger partial charge in [-0.1, -0.05) is 36.4 Å². The molecule has 0 saturated carbocycles. The largest absolute Gasteiger partial charge is 0.482 e. The van der Waals surface area contributed by atoms with Crippen LogP contribution in [0, 0.1) is 6.92 Å². The third kappa shape index (κ3) is 6.26. The van der Waals surface area contributed by atoms with E-state index in [-0.39, 0.29) is 6.61 Å². The number of carbonyl (C=O) groups excluding carboxylic acids is 1. The van der Waals surface area contributed by atoms with Crippen LogP contribution in [0.1, 0.15) is 23.6 Å². The minimum Gasteiger partial charge on any atom is -0.482 e. The lowest BCUT2D eigenvalue weighted by molar-refractivity contribution is -0.145. The topological polar surface area (TPSA) is 47.6 Å². The molecule has 7 heteroatoms. The van der Waals surface area contributed by atoms with Crippen LogP contribution in [0.5, 0.6) is 5.75 Å². The van der Waals surface area contributed by atoms with Crippen LogP contribution in [0.15, 0.2) is 66.7 Å². The predicted octanol–water partition coefficient (Wildman–Crippen LogP) is 6.23. The first-order valence-corrected chi connectivity index (χ1v) is 10.2. The Bertz CT molecular complexity index is 1060. The average molecular weight is 443 g/mol. The van der Waals surface area contributed by atoms with Gasteiger partial charge in [-0.25, -0.2) is 4.79 Å². The molecule has 0 aromatic heterocycles. The van der Waals surface area contributed by atoms with Crippen LogP contribution in [0.25, 0.3) is 11.1 Å². The lowest BCUT2D eigenvalue weighted by Crippen LogP contribution is -2.15. The number of hydrogen-bond donors (Lipinski definition) is 1. The Balaban J connectivity index is 1.63. The van der Waals surface area contributed by atoms with Crippen molar-refractivity contribution in [1.29, 1.82) is 0 Å². The van der Waals surface area contributed by atoms with Crippen molar-refractivity contribution in [2.24, 2.45) is 0 Å². The van der Waals surface area contributed by atoms with Gasteiger partial charge < -0.3 is 14.8 Å². The fourth-order valence-corrected chi connectivity index (χ4v) is 3.19. The van der Waals surface area contributed by atoms with Crippen molar-refractivity contribution < 1.29 is 27.4 Å². The molecule has 0 aliphatic heterocycles. The van der Waals surface area contributed by atoms with E-state index in [0.29, 0.717) is 24.5 Å². The highest BCUT2D eigenvalue weighted by atomic mass is 19.4. The van der Waals surface area contributed by atoms with Crippen LogP contribution < -0.4 is 10.1 Å². The fourth-order valence-electron chi connectivity index (χ4n) is 3.19. The monoisotopic (exact) mass is 443 g/mol. The molecular weight excluding hydrogens is 419 g/mol. The van der Waals surface area contributed by atoms with E-state index >= 15 is 0 Å². The standard InChI is InChI=1S/C25H24F3NO3/c1-3-31-24(30)16-32-23-12-7-18(13-17(23)2)15-29-22-6-4-5-20(14-22)19-8-10-21(11-9-19)25(26,27)28/h4-14,29H,3,15-16H2,1-2H3. The molecule has 3 aromatic rings. The van der Waals surface area contributed by atoms with E-state index < -0.39 is 17.7 Å². The minimum atomic E-state index is -4.35. The van der Waals surface area contributed by atoms with Crippen molar-refractivity contribution in [3.05, 3.63) is 83.4 Å². The Hall–Kier alpha value is -3.48. The van der Waals surface area contributed by atoms with Gasteiger partial charge in [-0.3, -0.25) is 0 Å². The number of anilines is 1. The summed E-state index contributed by atoms with van der Waals surface area (Å²) in [5.74, 6) is 0.205. The number of alkyl halides is 3. The van der Waals surface area contributed by atoms with E-state index in [9.17, 15) is 18.0 Å². The van der Waals surface area contributed by atoms with Crippen molar-refractivity contribution in [1.82, 2.24) is 0 Å². The summed E-state index contributed by atoms with van der Waals surface area (Å²) in [7, 11) is 0. The highest BCUT2D eigenvalue weighted by Crippen LogP contribution is 2.31. The summed E-state index contributed by atoms with van der Waals surface area (Å²) in [6, 6.07) is 18.3.